The Morgan fingerprint density at radius 1 is 1.14 bits per heavy atom. The summed E-state index contributed by atoms with van der Waals surface area (Å²) in [4.78, 5) is 15.1. The normalized spacial score (nSPS) is 18.2. The summed E-state index contributed by atoms with van der Waals surface area (Å²) in [5.41, 5.74) is 2.78. The van der Waals surface area contributed by atoms with Gasteiger partial charge in [-0.25, -0.2) is 8.42 Å². The smallest absolute Gasteiger partial charge is 0.253 e. The first kappa shape index (κ1) is 21.2. The number of anilines is 2. The van der Waals surface area contributed by atoms with Gasteiger partial charge in [0.25, 0.3) is 5.91 Å². The minimum atomic E-state index is -3.47. The van der Waals surface area contributed by atoms with Gasteiger partial charge < -0.3 is 10.2 Å². The minimum Gasteiger partial charge on any atom is -0.371 e. The summed E-state index contributed by atoms with van der Waals surface area (Å²) in [5, 5.41) is 2.96. The van der Waals surface area contributed by atoms with Gasteiger partial charge in [0, 0.05) is 18.8 Å². The lowest BCUT2D eigenvalue weighted by molar-refractivity contribution is 0.0941. The van der Waals surface area contributed by atoms with E-state index < -0.39 is 10.0 Å². The lowest BCUT2D eigenvalue weighted by Gasteiger charge is -2.33. The van der Waals surface area contributed by atoms with Crippen molar-refractivity contribution < 1.29 is 13.2 Å². The van der Waals surface area contributed by atoms with E-state index in [9.17, 15) is 13.2 Å². The quantitative estimate of drug-likeness (QED) is 0.752. The Morgan fingerprint density at radius 3 is 2.48 bits per heavy atom. The molecule has 7 heteroatoms. The van der Waals surface area contributed by atoms with Crippen LogP contribution in [0.4, 0.5) is 11.4 Å². The van der Waals surface area contributed by atoms with Crippen molar-refractivity contribution in [3.63, 3.8) is 0 Å². The Morgan fingerprint density at radius 2 is 1.83 bits per heavy atom. The van der Waals surface area contributed by atoms with Gasteiger partial charge in [-0.1, -0.05) is 31.2 Å². The van der Waals surface area contributed by atoms with E-state index in [4.69, 9.17) is 0 Å². The molecule has 3 rings (SSSR count). The largest absolute Gasteiger partial charge is 0.371 e. The average molecular weight is 416 g/mol. The molecule has 2 N–H and O–H groups in total. The Kier molecular flexibility index (Phi) is 6.47. The van der Waals surface area contributed by atoms with Gasteiger partial charge in [0.2, 0.25) is 10.0 Å². The number of carbonyl (C=O) groups is 1. The maximum atomic E-state index is 12.7. The van der Waals surface area contributed by atoms with Crippen molar-refractivity contribution in [1.29, 1.82) is 0 Å². The van der Waals surface area contributed by atoms with Gasteiger partial charge in [0.05, 0.1) is 23.5 Å². The fourth-order valence-corrected chi connectivity index (χ4v) is 4.30. The van der Waals surface area contributed by atoms with E-state index in [1.165, 1.54) is 18.5 Å². The van der Waals surface area contributed by atoms with Crippen molar-refractivity contribution in [2.24, 2.45) is 5.92 Å². The molecule has 0 aliphatic carbocycles. The molecule has 0 aromatic heterocycles. The van der Waals surface area contributed by atoms with Crippen molar-refractivity contribution >= 4 is 27.3 Å². The Hall–Kier alpha value is -2.54. The summed E-state index contributed by atoms with van der Waals surface area (Å²) in [7, 11) is -3.47. The third kappa shape index (κ3) is 5.73. The molecular weight excluding hydrogens is 386 g/mol. The van der Waals surface area contributed by atoms with Crippen molar-refractivity contribution in [2.75, 3.05) is 29.0 Å². The lowest BCUT2D eigenvalue weighted by atomic mass is 9.99. The van der Waals surface area contributed by atoms with Gasteiger partial charge in [0.15, 0.2) is 0 Å². The van der Waals surface area contributed by atoms with Gasteiger partial charge in [-0.05, 0) is 55.5 Å². The number of piperidine rings is 1. The molecule has 2 atom stereocenters. The predicted octanol–water partition coefficient (Wildman–Crippen LogP) is 3.79. The van der Waals surface area contributed by atoms with Crippen LogP contribution in [-0.2, 0) is 10.0 Å². The monoisotopic (exact) mass is 415 g/mol. The highest BCUT2D eigenvalue weighted by Crippen LogP contribution is 2.25. The van der Waals surface area contributed by atoms with Gasteiger partial charge >= 0.3 is 0 Å². The highest BCUT2D eigenvalue weighted by molar-refractivity contribution is 7.92. The molecule has 2 aromatic carbocycles. The molecule has 1 aliphatic rings. The van der Waals surface area contributed by atoms with Crippen LogP contribution in [-0.4, -0.2) is 33.7 Å². The Bertz CT molecular complexity index is 958. The molecule has 29 heavy (non-hydrogen) atoms. The third-order valence-electron chi connectivity index (χ3n) is 5.23. The molecule has 0 bridgehead atoms. The van der Waals surface area contributed by atoms with Gasteiger partial charge in [0.1, 0.15) is 0 Å². The van der Waals surface area contributed by atoms with Crippen LogP contribution in [0.25, 0.3) is 0 Å². The predicted molar refractivity (Wildman–Crippen MR) is 118 cm³/mol. The van der Waals surface area contributed by atoms with E-state index in [1.54, 1.807) is 24.3 Å². The Labute approximate surface area is 173 Å². The molecule has 156 valence electrons. The van der Waals surface area contributed by atoms with Crippen LogP contribution in [0.5, 0.6) is 0 Å². The molecule has 1 heterocycles. The molecule has 0 spiro atoms. The molecular formula is C22H29N3O3S. The van der Waals surface area contributed by atoms with Crippen LogP contribution in [0.3, 0.4) is 0 Å². The molecule has 2 aromatic rings. The topological polar surface area (TPSA) is 78.5 Å². The summed E-state index contributed by atoms with van der Waals surface area (Å²) in [5.74, 6) is 0.389. The maximum absolute atomic E-state index is 12.7. The SMILES string of the molecule is C[C@H]1CCCN(c2ccc([C@H](C)NC(=O)c3ccccc3NS(C)(=O)=O)cc2)C1. The number of nitrogens with one attached hydrogen (secondary N) is 2. The molecule has 0 saturated carbocycles. The second kappa shape index (κ2) is 8.86. The van der Waals surface area contributed by atoms with E-state index in [0.717, 1.165) is 24.9 Å². The van der Waals surface area contributed by atoms with Gasteiger partial charge in [-0.2, -0.15) is 0 Å². The van der Waals surface area contributed by atoms with Crippen LogP contribution in [0.2, 0.25) is 0 Å². The summed E-state index contributed by atoms with van der Waals surface area (Å²) >= 11 is 0. The Balaban J connectivity index is 1.69. The first-order chi connectivity index (χ1) is 13.7. The van der Waals surface area contributed by atoms with Crippen molar-refractivity contribution in [1.82, 2.24) is 5.32 Å². The van der Waals surface area contributed by atoms with Crippen LogP contribution in [0.1, 0.15) is 48.7 Å². The molecule has 1 aliphatic heterocycles. The first-order valence-electron chi connectivity index (χ1n) is 9.95. The van der Waals surface area contributed by atoms with E-state index in [0.29, 0.717) is 11.5 Å². The second-order valence-corrected chi connectivity index (χ2v) is 9.65. The van der Waals surface area contributed by atoms with E-state index in [2.05, 4.69) is 34.0 Å². The molecule has 0 unspecified atom stereocenters. The molecule has 0 radical (unpaired) electrons. The fourth-order valence-electron chi connectivity index (χ4n) is 3.73. The number of carbonyl (C=O) groups excluding carboxylic acids is 1. The zero-order valence-electron chi connectivity index (χ0n) is 17.2. The van der Waals surface area contributed by atoms with E-state index in [1.807, 2.05) is 19.1 Å². The zero-order chi connectivity index (χ0) is 21.0. The number of hydrogen-bond donors (Lipinski definition) is 2. The number of hydrogen-bond acceptors (Lipinski definition) is 4. The molecule has 1 saturated heterocycles. The first-order valence-corrected chi connectivity index (χ1v) is 11.8. The van der Waals surface area contributed by atoms with Gasteiger partial charge in [-0.3, -0.25) is 9.52 Å². The number of para-hydroxylation sites is 1. The van der Waals surface area contributed by atoms with Crippen LogP contribution < -0.4 is 14.9 Å². The van der Waals surface area contributed by atoms with Crippen molar-refractivity contribution in [3.05, 3.63) is 59.7 Å². The average Bonchev–Trinajstić information content (AvgIpc) is 2.67. The van der Waals surface area contributed by atoms with E-state index in [-0.39, 0.29) is 17.6 Å². The minimum absolute atomic E-state index is 0.205. The summed E-state index contributed by atoms with van der Waals surface area (Å²) in [6.45, 7) is 6.37. The number of amides is 1. The summed E-state index contributed by atoms with van der Waals surface area (Å²) in [6.07, 6.45) is 3.57. The molecule has 1 fully saturated rings. The van der Waals surface area contributed by atoms with Gasteiger partial charge in [-0.15, -0.1) is 0 Å². The number of nitrogens with zero attached hydrogens (tertiary/aromatic N) is 1. The van der Waals surface area contributed by atoms with E-state index >= 15 is 0 Å². The molecule has 1 amide bonds. The summed E-state index contributed by atoms with van der Waals surface area (Å²) < 4.78 is 25.5. The van der Waals surface area contributed by atoms with Crippen LogP contribution >= 0.6 is 0 Å². The molecule has 6 nitrogen and oxygen atoms in total. The number of rotatable bonds is 6. The standard InChI is InChI=1S/C22H29N3O3S/c1-16-7-6-14-25(15-16)19-12-10-18(11-13-19)17(2)23-22(26)20-8-4-5-9-21(20)24-29(3,27)28/h4-5,8-13,16-17,24H,6-7,14-15H2,1-3H3,(H,23,26)/t16-,17-/m0/s1. The third-order valence-corrected chi connectivity index (χ3v) is 5.82. The van der Waals surface area contributed by atoms with Crippen molar-refractivity contribution in [2.45, 2.75) is 32.7 Å². The highest BCUT2D eigenvalue weighted by Gasteiger charge is 2.18. The number of sulfonamides is 1. The second-order valence-electron chi connectivity index (χ2n) is 7.90. The number of benzene rings is 2. The maximum Gasteiger partial charge on any atom is 0.253 e. The highest BCUT2D eigenvalue weighted by atomic mass is 32.2. The van der Waals surface area contributed by atoms with Crippen LogP contribution in [0.15, 0.2) is 48.5 Å². The summed E-state index contributed by atoms with van der Waals surface area (Å²) in [6, 6.07) is 14.7. The van der Waals surface area contributed by atoms with Crippen molar-refractivity contribution in [3.8, 4) is 0 Å². The zero-order valence-corrected chi connectivity index (χ0v) is 18.0. The lowest BCUT2D eigenvalue weighted by Crippen LogP contribution is -2.34. The fraction of sp³-hybridized carbons (Fsp3) is 0.409. The van der Waals surface area contributed by atoms with Crippen LogP contribution in [0, 0.1) is 5.92 Å².